The van der Waals surface area contributed by atoms with Crippen LogP contribution in [-0.2, 0) is 16.4 Å². The van der Waals surface area contributed by atoms with Crippen molar-refractivity contribution in [2.75, 3.05) is 19.6 Å². The molecule has 0 unspecified atom stereocenters. The van der Waals surface area contributed by atoms with E-state index >= 15 is 0 Å². The van der Waals surface area contributed by atoms with Gasteiger partial charge in [-0.15, -0.1) is 12.4 Å². The molecular weight excluding hydrogens is 377 g/mol. The van der Waals surface area contributed by atoms with Gasteiger partial charge in [0.1, 0.15) is 0 Å². The molecule has 1 saturated carbocycles. The minimum absolute atomic E-state index is 0. The second-order valence-electron chi connectivity index (χ2n) is 7.22. The highest BCUT2D eigenvalue weighted by Crippen LogP contribution is 2.41. The van der Waals surface area contributed by atoms with Crippen molar-refractivity contribution in [1.82, 2.24) is 10.6 Å². The maximum absolute atomic E-state index is 13.1. The van der Waals surface area contributed by atoms with Gasteiger partial charge in [0, 0.05) is 13.1 Å². The molecule has 1 aromatic rings. The van der Waals surface area contributed by atoms with E-state index in [4.69, 9.17) is 0 Å². The van der Waals surface area contributed by atoms with Crippen LogP contribution in [0.1, 0.15) is 49.7 Å². The Kier molecular flexibility index (Phi) is 7.34. The summed E-state index contributed by atoms with van der Waals surface area (Å²) in [5, 5.41) is 6.23. The van der Waals surface area contributed by atoms with E-state index in [2.05, 4.69) is 16.7 Å². The minimum atomic E-state index is -4.40. The van der Waals surface area contributed by atoms with Crippen molar-refractivity contribution in [3.8, 4) is 0 Å². The van der Waals surface area contributed by atoms with Gasteiger partial charge in [-0.1, -0.05) is 49.1 Å². The first-order chi connectivity index (χ1) is 12.4. The highest BCUT2D eigenvalue weighted by molar-refractivity contribution is 5.88. The molecule has 2 N–H and O–H groups in total. The van der Waals surface area contributed by atoms with Crippen LogP contribution in [-0.4, -0.2) is 25.5 Å². The van der Waals surface area contributed by atoms with Crippen molar-refractivity contribution in [2.24, 2.45) is 0 Å². The van der Waals surface area contributed by atoms with Crippen molar-refractivity contribution in [2.45, 2.75) is 50.1 Å². The predicted molar refractivity (Wildman–Crippen MR) is 102 cm³/mol. The van der Waals surface area contributed by atoms with E-state index in [0.717, 1.165) is 50.9 Å². The molecule has 0 atom stereocenters. The van der Waals surface area contributed by atoms with Crippen LogP contribution >= 0.6 is 12.4 Å². The molecule has 1 fully saturated rings. The highest BCUT2D eigenvalue weighted by atomic mass is 35.5. The third kappa shape index (κ3) is 5.05. The quantitative estimate of drug-likeness (QED) is 0.734. The average Bonchev–Trinajstić information content (AvgIpc) is 2.67. The monoisotopic (exact) mass is 402 g/mol. The molecule has 1 amide bonds. The van der Waals surface area contributed by atoms with Gasteiger partial charge in [0.25, 0.3) is 0 Å². The molecule has 3 rings (SSSR count). The molecule has 0 bridgehead atoms. The van der Waals surface area contributed by atoms with E-state index in [-0.39, 0.29) is 18.3 Å². The molecule has 7 heteroatoms. The van der Waals surface area contributed by atoms with E-state index in [1.54, 1.807) is 6.07 Å². The molecule has 2 aliphatic rings. The first-order valence-corrected chi connectivity index (χ1v) is 9.26. The van der Waals surface area contributed by atoms with Crippen LogP contribution in [0.15, 0.2) is 35.9 Å². The summed E-state index contributed by atoms with van der Waals surface area (Å²) in [6.45, 7) is 2.16. The lowest BCUT2D eigenvalue weighted by Crippen LogP contribution is -2.46. The number of nitrogens with one attached hydrogen (secondary N) is 2. The third-order valence-corrected chi connectivity index (χ3v) is 5.52. The first-order valence-electron chi connectivity index (χ1n) is 9.26. The fraction of sp³-hybridized carbons (Fsp3) is 0.550. The van der Waals surface area contributed by atoms with Crippen LogP contribution < -0.4 is 10.6 Å². The third-order valence-electron chi connectivity index (χ3n) is 5.52. The molecule has 1 aromatic carbocycles. The van der Waals surface area contributed by atoms with Crippen LogP contribution in [0.2, 0.25) is 0 Å². The van der Waals surface area contributed by atoms with E-state index in [0.29, 0.717) is 24.9 Å². The van der Waals surface area contributed by atoms with E-state index in [1.165, 1.54) is 11.6 Å². The fourth-order valence-corrected chi connectivity index (χ4v) is 3.99. The Balaban J connectivity index is 0.00000261. The Labute approximate surface area is 164 Å². The minimum Gasteiger partial charge on any atom is -0.352 e. The second-order valence-corrected chi connectivity index (χ2v) is 7.22. The number of benzene rings is 1. The van der Waals surface area contributed by atoms with E-state index in [9.17, 15) is 18.0 Å². The van der Waals surface area contributed by atoms with Crippen molar-refractivity contribution >= 4 is 18.3 Å². The molecule has 1 aliphatic carbocycles. The number of hydrogen-bond acceptors (Lipinski definition) is 2. The van der Waals surface area contributed by atoms with Crippen molar-refractivity contribution in [3.63, 3.8) is 0 Å². The maximum atomic E-state index is 13.1. The first kappa shape index (κ1) is 21.8. The Morgan fingerprint density at radius 2 is 1.93 bits per heavy atom. The molecule has 0 spiro atoms. The van der Waals surface area contributed by atoms with Crippen LogP contribution in [0.4, 0.5) is 13.2 Å². The smallest absolute Gasteiger partial charge is 0.352 e. The number of rotatable bonds is 4. The largest absolute Gasteiger partial charge is 0.416 e. The molecular formula is C20H26ClF3N2O. The lowest BCUT2D eigenvalue weighted by Gasteiger charge is -2.37. The lowest BCUT2D eigenvalue weighted by molar-refractivity contribution is -0.138. The summed E-state index contributed by atoms with van der Waals surface area (Å²) in [5.41, 5.74) is 0.122. The van der Waals surface area contributed by atoms with Gasteiger partial charge in [0.15, 0.2) is 0 Å². The Morgan fingerprint density at radius 1 is 1.19 bits per heavy atom. The SMILES string of the molecule is Cl.O=C(NCC1=CCNCC1)C1(c2cccc(C(F)(F)F)c2)CCCCC1. The number of hydrogen-bond donors (Lipinski definition) is 2. The average molecular weight is 403 g/mol. The Hall–Kier alpha value is -1.53. The van der Waals surface area contributed by atoms with Gasteiger partial charge < -0.3 is 10.6 Å². The Morgan fingerprint density at radius 3 is 2.56 bits per heavy atom. The molecule has 0 aromatic heterocycles. The van der Waals surface area contributed by atoms with Gasteiger partial charge in [0.05, 0.1) is 11.0 Å². The van der Waals surface area contributed by atoms with Crippen LogP contribution in [0.25, 0.3) is 0 Å². The number of alkyl halides is 3. The van der Waals surface area contributed by atoms with Gasteiger partial charge in [-0.2, -0.15) is 13.2 Å². The number of halogens is 4. The van der Waals surface area contributed by atoms with Gasteiger partial charge >= 0.3 is 6.18 Å². The summed E-state index contributed by atoms with van der Waals surface area (Å²) in [5.74, 6) is -0.143. The second kappa shape index (κ2) is 9.11. The zero-order valence-electron chi connectivity index (χ0n) is 15.2. The summed E-state index contributed by atoms with van der Waals surface area (Å²) in [7, 11) is 0. The van der Waals surface area contributed by atoms with E-state index < -0.39 is 17.2 Å². The maximum Gasteiger partial charge on any atom is 0.416 e. The summed E-state index contributed by atoms with van der Waals surface area (Å²) >= 11 is 0. The number of carbonyl (C=O) groups is 1. The van der Waals surface area contributed by atoms with Crippen LogP contribution in [0, 0.1) is 0 Å². The van der Waals surface area contributed by atoms with Crippen molar-refractivity contribution in [3.05, 3.63) is 47.0 Å². The van der Waals surface area contributed by atoms with Crippen LogP contribution in [0.3, 0.4) is 0 Å². The van der Waals surface area contributed by atoms with E-state index in [1.807, 2.05) is 0 Å². The highest BCUT2D eigenvalue weighted by Gasteiger charge is 2.42. The molecule has 0 saturated heterocycles. The predicted octanol–water partition coefficient (Wildman–Crippen LogP) is 4.37. The molecule has 150 valence electrons. The topological polar surface area (TPSA) is 41.1 Å². The molecule has 27 heavy (non-hydrogen) atoms. The summed E-state index contributed by atoms with van der Waals surface area (Å²) in [4.78, 5) is 13.1. The number of amides is 1. The summed E-state index contributed by atoms with van der Waals surface area (Å²) in [6, 6.07) is 5.31. The Bertz CT molecular complexity index is 682. The zero-order chi connectivity index (χ0) is 18.6. The fourth-order valence-electron chi connectivity index (χ4n) is 3.99. The van der Waals surface area contributed by atoms with Crippen molar-refractivity contribution in [1.29, 1.82) is 0 Å². The molecule has 1 heterocycles. The standard InChI is InChI=1S/C20H25F3N2O.ClH/c21-20(22,23)17-6-4-5-16(13-17)19(9-2-1-3-10-19)18(26)25-14-15-7-11-24-12-8-15;/h4-7,13,24H,1-3,8-12,14H2,(H,25,26);1H. The molecule has 1 aliphatic heterocycles. The van der Waals surface area contributed by atoms with Gasteiger partial charge in [-0.25, -0.2) is 0 Å². The van der Waals surface area contributed by atoms with Crippen molar-refractivity contribution < 1.29 is 18.0 Å². The molecule has 3 nitrogen and oxygen atoms in total. The molecule has 0 radical (unpaired) electrons. The normalized spacial score (nSPS) is 19.6. The summed E-state index contributed by atoms with van der Waals surface area (Å²) in [6.07, 6.45) is 2.49. The number of carbonyl (C=O) groups excluding carboxylic acids is 1. The van der Waals surface area contributed by atoms with Gasteiger partial charge in [-0.05, 0) is 37.4 Å². The van der Waals surface area contributed by atoms with Gasteiger partial charge in [-0.3, -0.25) is 4.79 Å². The van der Waals surface area contributed by atoms with Crippen LogP contribution in [0.5, 0.6) is 0 Å². The summed E-state index contributed by atoms with van der Waals surface area (Å²) < 4.78 is 39.4. The van der Waals surface area contributed by atoms with Gasteiger partial charge in [0.2, 0.25) is 5.91 Å². The zero-order valence-corrected chi connectivity index (χ0v) is 16.0. The lowest BCUT2D eigenvalue weighted by atomic mass is 9.68.